The van der Waals surface area contributed by atoms with E-state index in [1.165, 1.54) is 14.2 Å². The van der Waals surface area contributed by atoms with Crippen molar-refractivity contribution in [3.8, 4) is 0 Å². The summed E-state index contributed by atoms with van der Waals surface area (Å²) < 4.78 is 17.1. The zero-order valence-corrected chi connectivity index (χ0v) is 22.3. The van der Waals surface area contributed by atoms with Crippen molar-refractivity contribution in [2.75, 3.05) is 20.8 Å². The number of nitrogens with zero attached hydrogens (tertiary/aromatic N) is 1. The Balaban J connectivity index is 2.04. The Kier molecular flexibility index (Phi) is 5.84. The second-order valence-electron chi connectivity index (χ2n) is 9.25. The van der Waals surface area contributed by atoms with E-state index in [-0.39, 0.29) is 5.57 Å². The van der Waals surface area contributed by atoms with E-state index in [1.807, 2.05) is 49.4 Å². The minimum atomic E-state index is -1.73. The second kappa shape index (κ2) is 8.53. The number of allylic oxidation sites excluding steroid dienone is 2. The van der Waals surface area contributed by atoms with Gasteiger partial charge in [-0.15, -0.1) is 11.8 Å². The van der Waals surface area contributed by atoms with Crippen LogP contribution in [0.1, 0.15) is 50.8 Å². The normalized spacial score (nSPS) is 28.6. The standard InChI is InChI=1S/C29H31NO5S/c1-7-27(20-14-10-9-11-15-20)29-22-17-13-12-16-21(22)28(35-29,26(32)34-6)23(25(31)33-5)24(29)30(8-2)18(3)19(4)36-27/h9-17H,7-8H2,1-6H3/t27?,28-,29+/m0/s1. The fourth-order valence-corrected chi connectivity index (χ4v) is 7.92. The highest BCUT2D eigenvalue weighted by atomic mass is 32.2. The van der Waals surface area contributed by atoms with Gasteiger partial charge in [0, 0.05) is 22.7 Å². The van der Waals surface area contributed by atoms with E-state index in [4.69, 9.17) is 14.2 Å². The molecule has 7 heteroatoms. The third kappa shape index (κ3) is 2.73. The van der Waals surface area contributed by atoms with Crippen LogP contribution in [0.25, 0.3) is 0 Å². The zero-order chi connectivity index (χ0) is 25.9. The summed E-state index contributed by atoms with van der Waals surface area (Å²) in [7, 11) is 2.67. The summed E-state index contributed by atoms with van der Waals surface area (Å²) in [6.45, 7) is 8.93. The highest BCUT2D eigenvalue weighted by molar-refractivity contribution is 8.04. The van der Waals surface area contributed by atoms with Crippen LogP contribution in [0.3, 0.4) is 0 Å². The molecule has 0 fully saturated rings. The molecule has 1 unspecified atom stereocenters. The third-order valence-electron chi connectivity index (χ3n) is 7.91. The summed E-state index contributed by atoms with van der Waals surface area (Å²) in [5.41, 5.74) is 1.54. The molecule has 3 atom stereocenters. The van der Waals surface area contributed by atoms with Crippen LogP contribution in [0.15, 0.2) is 76.5 Å². The van der Waals surface area contributed by atoms with Gasteiger partial charge in [-0.3, -0.25) is 0 Å². The van der Waals surface area contributed by atoms with Gasteiger partial charge in [0.1, 0.15) is 5.57 Å². The number of fused-ring (bicyclic) bond motifs is 3. The lowest BCUT2D eigenvalue weighted by molar-refractivity contribution is -0.178. The van der Waals surface area contributed by atoms with E-state index < -0.39 is 27.9 Å². The number of rotatable bonds is 5. The van der Waals surface area contributed by atoms with Gasteiger partial charge >= 0.3 is 11.9 Å². The number of hydrogen-bond acceptors (Lipinski definition) is 7. The number of thioether (sulfide) groups is 1. The number of likely N-dealkylation sites (N-methyl/N-ethyl adjacent to an activating group) is 1. The highest BCUT2D eigenvalue weighted by Crippen LogP contribution is 2.73. The fraction of sp³-hybridized carbons (Fsp3) is 0.379. The van der Waals surface area contributed by atoms with Crippen LogP contribution in [0.5, 0.6) is 0 Å². The molecule has 3 heterocycles. The number of hydrogen-bond donors (Lipinski definition) is 0. The van der Waals surface area contributed by atoms with Crippen molar-refractivity contribution in [3.05, 3.63) is 93.2 Å². The number of ether oxygens (including phenoxy) is 3. The Morgan fingerprint density at radius 1 is 0.944 bits per heavy atom. The Hall–Kier alpha value is -3.03. The quantitative estimate of drug-likeness (QED) is 0.508. The lowest BCUT2D eigenvalue weighted by atomic mass is 9.67. The largest absolute Gasteiger partial charge is 0.466 e. The lowest BCUT2D eigenvalue weighted by Gasteiger charge is -2.48. The molecule has 36 heavy (non-hydrogen) atoms. The van der Waals surface area contributed by atoms with Crippen molar-refractivity contribution in [3.63, 3.8) is 0 Å². The zero-order valence-electron chi connectivity index (χ0n) is 21.5. The summed E-state index contributed by atoms with van der Waals surface area (Å²) in [6.07, 6.45) is 0.674. The first-order chi connectivity index (χ1) is 17.3. The van der Waals surface area contributed by atoms with Crippen LogP contribution in [-0.2, 0) is 39.7 Å². The Labute approximate surface area is 216 Å². The highest BCUT2D eigenvalue weighted by Gasteiger charge is 2.77. The predicted octanol–water partition coefficient (Wildman–Crippen LogP) is 5.35. The second-order valence-corrected chi connectivity index (χ2v) is 10.8. The van der Waals surface area contributed by atoms with Gasteiger partial charge in [-0.1, -0.05) is 61.5 Å². The molecule has 3 aliphatic rings. The maximum atomic E-state index is 13.8. The van der Waals surface area contributed by atoms with E-state index in [1.54, 1.807) is 11.8 Å². The molecule has 0 saturated heterocycles. The summed E-state index contributed by atoms with van der Waals surface area (Å²) >= 11 is 1.74. The first-order valence-electron chi connectivity index (χ1n) is 12.2. The molecular formula is C29H31NO5S. The molecule has 3 aliphatic heterocycles. The number of carbonyl (C=O) groups is 2. The van der Waals surface area contributed by atoms with Crippen molar-refractivity contribution in [1.82, 2.24) is 4.90 Å². The first kappa shape index (κ1) is 24.7. The Morgan fingerprint density at radius 2 is 1.58 bits per heavy atom. The smallest absolute Gasteiger partial charge is 0.348 e. The van der Waals surface area contributed by atoms with Gasteiger partial charge in [-0.25, -0.2) is 9.59 Å². The lowest BCUT2D eigenvalue weighted by Crippen LogP contribution is -2.50. The van der Waals surface area contributed by atoms with Crippen molar-refractivity contribution >= 4 is 23.7 Å². The average Bonchev–Trinajstić information content (AvgIpc) is 3.39. The SMILES string of the molecule is CCN1C(C)=C(C)SC(CC)(c2ccccc2)[C@]23O[C@](C(=O)OC)(C(C(=O)OC)=C12)c1ccccc13. The molecule has 0 N–H and O–H groups in total. The molecule has 2 aromatic carbocycles. The van der Waals surface area contributed by atoms with Crippen LogP contribution >= 0.6 is 11.8 Å². The van der Waals surface area contributed by atoms with E-state index >= 15 is 0 Å². The van der Waals surface area contributed by atoms with Gasteiger partial charge in [0.2, 0.25) is 5.60 Å². The van der Waals surface area contributed by atoms with E-state index in [0.29, 0.717) is 24.2 Å². The van der Waals surface area contributed by atoms with Crippen LogP contribution in [0.4, 0.5) is 0 Å². The Morgan fingerprint density at radius 3 is 2.17 bits per heavy atom. The maximum Gasteiger partial charge on any atom is 0.348 e. The predicted molar refractivity (Wildman–Crippen MR) is 139 cm³/mol. The average molecular weight is 506 g/mol. The van der Waals surface area contributed by atoms with Crippen LogP contribution in [0.2, 0.25) is 0 Å². The summed E-state index contributed by atoms with van der Waals surface area (Å²) in [5, 5.41) is 0. The number of carbonyl (C=O) groups excluding carboxylic acids is 2. The summed E-state index contributed by atoms with van der Waals surface area (Å²) in [4.78, 5) is 30.7. The van der Waals surface area contributed by atoms with Crippen molar-refractivity contribution < 1.29 is 23.8 Å². The number of esters is 2. The minimum absolute atomic E-state index is 0.195. The number of benzene rings is 2. The number of methoxy groups -OCH3 is 2. The maximum absolute atomic E-state index is 13.8. The molecule has 0 aliphatic carbocycles. The molecule has 1 spiro atoms. The molecule has 6 nitrogen and oxygen atoms in total. The molecule has 0 aromatic heterocycles. The molecule has 5 rings (SSSR count). The minimum Gasteiger partial charge on any atom is -0.466 e. The molecule has 0 amide bonds. The monoisotopic (exact) mass is 505 g/mol. The molecule has 2 bridgehead atoms. The van der Waals surface area contributed by atoms with Gasteiger partial charge in [0.15, 0.2) is 5.60 Å². The van der Waals surface area contributed by atoms with Crippen LogP contribution < -0.4 is 0 Å². The van der Waals surface area contributed by atoms with Gasteiger partial charge in [0.25, 0.3) is 0 Å². The molecule has 188 valence electrons. The van der Waals surface area contributed by atoms with E-state index in [9.17, 15) is 9.59 Å². The topological polar surface area (TPSA) is 65.1 Å². The van der Waals surface area contributed by atoms with Gasteiger partial charge in [-0.05, 0) is 38.3 Å². The molecule has 0 saturated carbocycles. The molecule has 2 aromatic rings. The Bertz CT molecular complexity index is 1320. The van der Waals surface area contributed by atoms with Crippen molar-refractivity contribution in [1.29, 1.82) is 0 Å². The van der Waals surface area contributed by atoms with Gasteiger partial charge < -0.3 is 19.1 Å². The summed E-state index contributed by atoms with van der Waals surface area (Å²) in [5.74, 6) is -1.23. The first-order valence-corrected chi connectivity index (χ1v) is 13.0. The van der Waals surface area contributed by atoms with Crippen molar-refractivity contribution in [2.45, 2.75) is 50.1 Å². The van der Waals surface area contributed by atoms with Gasteiger partial charge in [0.05, 0.1) is 24.7 Å². The van der Waals surface area contributed by atoms with E-state index in [0.717, 1.165) is 21.7 Å². The van der Waals surface area contributed by atoms with E-state index in [2.05, 4.69) is 37.8 Å². The summed E-state index contributed by atoms with van der Waals surface area (Å²) in [6, 6.07) is 18.0. The van der Waals surface area contributed by atoms with Gasteiger partial charge in [-0.2, -0.15) is 0 Å². The van der Waals surface area contributed by atoms with Crippen LogP contribution in [0, 0.1) is 0 Å². The molecular weight excluding hydrogens is 474 g/mol. The third-order valence-corrected chi connectivity index (χ3v) is 9.67. The molecule has 0 radical (unpaired) electrons. The fourth-order valence-electron chi connectivity index (χ4n) is 6.35. The van der Waals surface area contributed by atoms with Crippen LogP contribution in [-0.4, -0.2) is 37.6 Å². The van der Waals surface area contributed by atoms with Crippen molar-refractivity contribution in [2.24, 2.45) is 0 Å².